The molecule has 19 aromatic rings. The van der Waals surface area contributed by atoms with E-state index in [-0.39, 0.29) is 71.6 Å². The van der Waals surface area contributed by atoms with Crippen molar-refractivity contribution >= 4 is 144 Å². The molecule has 15 aromatic carbocycles. The van der Waals surface area contributed by atoms with Crippen molar-refractivity contribution in [3.05, 3.63) is 366 Å². The quantitative estimate of drug-likeness (QED) is 0.135. The van der Waals surface area contributed by atoms with Crippen molar-refractivity contribution in [2.24, 2.45) is 0 Å². The Morgan fingerprint density at radius 2 is 0.784 bits per heavy atom. The third-order valence-electron chi connectivity index (χ3n) is 26.6. The van der Waals surface area contributed by atoms with Gasteiger partial charge in [0.1, 0.15) is 6.07 Å². The second-order valence-electron chi connectivity index (χ2n) is 39.5. The summed E-state index contributed by atoms with van der Waals surface area (Å²) >= 11 is 0. The molecular formula is C117H102BN7. The largest absolute Gasteiger partial charge is 0.310 e. The van der Waals surface area contributed by atoms with Crippen LogP contribution in [-0.2, 0) is 27.1 Å². The highest BCUT2D eigenvalue weighted by Crippen LogP contribution is 2.55. The lowest BCUT2D eigenvalue weighted by Gasteiger charge is -2.46. The molecule has 0 radical (unpaired) electrons. The molecule has 0 amide bonds. The molecule has 608 valence electrons. The summed E-state index contributed by atoms with van der Waals surface area (Å²) in [4.78, 5) is 4.79. The molecule has 0 spiro atoms. The number of rotatable bonds is 9. The Kier molecular flexibility index (Phi) is 14.6. The van der Waals surface area contributed by atoms with E-state index >= 15 is 0 Å². The first-order chi connectivity index (χ1) is 65.1. The first kappa shape index (κ1) is 64.9. The molecule has 1 atom stereocenters. The van der Waals surface area contributed by atoms with Gasteiger partial charge < -0.3 is 28.1 Å². The number of hydrogen-bond donors (Lipinski definition) is 0. The summed E-state index contributed by atoms with van der Waals surface area (Å²) in [5.74, 6) is -0.143. The van der Waals surface area contributed by atoms with E-state index in [1.807, 2.05) is 6.07 Å². The van der Waals surface area contributed by atoms with Gasteiger partial charge in [-0.2, -0.15) is 5.26 Å². The summed E-state index contributed by atoms with van der Waals surface area (Å²) < 4.78 is 124. The Labute approximate surface area is 750 Å². The minimum atomic E-state index is -0.731. The van der Waals surface area contributed by atoms with Gasteiger partial charge in [0.05, 0.1) is 83.2 Å². The fourth-order valence-corrected chi connectivity index (χ4v) is 20.1. The van der Waals surface area contributed by atoms with E-state index in [9.17, 15) is 17.6 Å². The average molecular weight is 1630 g/mol. The van der Waals surface area contributed by atoms with Gasteiger partial charge in [-0.15, -0.1) is 0 Å². The molecule has 8 heteroatoms. The van der Waals surface area contributed by atoms with Gasteiger partial charge in [-0.3, -0.25) is 0 Å². The highest BCUT2D eigenvalue weighted by atomic mass is 15.2. The highest BCUT2D eigenvalue weighted by molar-refractivity contribution is 7.00. The molecule has 6 heterocycles. The molecule has 0 saturated heterocycles. The number of allylic oxidation sites excluding steroid dienone is 4. The number of nitriles is 1. The maximum atomic E-state index is 12.6. The summed E-state index contributed by atoms with van der Waals surface area (Å²) in [5, 5.41) is 18.7. The number of anilines is 6. The Bertz CT molecular complexity index is 8440. The summed E-state index contributed by atoms with van der Waals surface area (Å²) in [6, 6.07) is 78.8. The molecule has 125 heavy (non-hydrogen) atoms. The fraction of sp³-hybridized carbons (Fsp3) is 0.188. The van der Waals surface area contributed by atoms with Crippen LogP contribution in [0, 0.1) is 11.3 Å². The lowest BCUT2D eigenvalue weighted by molar-refractivity contribution is 0.589. The van der Waals surface area contributed by atoms with E-state index in [0.29, 0.717) is 23.5 Å². The molecule has 7 nitrogen and oxygen atoms in total. The summed E-state index contributed by atoms with van der Waals surface area (Å²) in [5.41, 5.74) is 22.7. The Morgan fingerprint density at radius 3 is 1.30 bits per heavy atom. The van der Waals surface area contributed by atoms with Crippen LogP contribution in [0.4, 0.5) is 34.1 Å². The SMILES string of the molecule is [2H]c1c([2H])c([2H])c(-c2c([2H])c([2H])c([2H])c3c2c2c([2H])c([2H])c([2H])c([2H])c2n3-c2ccc(C#N)c(N3c4cc(-n5c6ccc(C(C)(C)C)cc6c6cc(C(C)(C)C)ccc65)ccc4B4c5ccc(-n6c7ccc(C(C)(C)C)cc7c7cc(C(C)(C)C)ccc76)cc5N(c5c(-c6ccccc6)cc(C(C)(C)C)cc5C5C=CC=CC5)c5cc(-n6c7ccccc7c7ccccc76)cc3c54)c2)c([2H])c1[2H]. The summed E-state index contributed by atoms with van der Waals surface area (Å²) in [6.07, 6.45) is 9.64. The predicted octanol–water partition coefficient (Wildman–Crippen LogP) is 29.5. The number of hydrogen-bond acceptors (Lipinski definition) is 3. The Hall–Kier alpha value is -13.9. The van der Waals surface area contributed by atoms with Gasteiger partial charge in [0.15, 0.2) is 0 Å². The van der Waals surface area contributed by atoms with Crippen LogP contribution in [0.3, 0.4) is 0 Å². The Morgan fingerprint density at radius 1 is 0.336 bits per heavy atom. The molecule has 0 fully saturated rings. The minimum absolute atomic E-state index is 0.143. The molecule has 0 N–H and O–H groups in total. The predicted molar refractivity (Wildman–Crippen MR) is 533 cm³/mol. The van der Waals surface area contributed by atoms with Crippen molar-refractivity contribution in [2.45, 2.75) is 143 Å². The van der Waals surface area contributed by atoms with Crippen LogP contribution in [0.5, 0.6) is 0 Å². The molecule has 0 bridgehead atoms. The molecular weight excluding hydrogens is 1510 g/mol. The van der Waals surface area contributed by atoms with Gasteiger partial charge in [0, 0.05) is 94.4 Å². The number of fused-ring (bicyclic) bond motifs is 16. The first-order valence-electron chi connectivity index (χ1n) is 49.6. The van der Waals surface area contributed by atoms with Crippen LogP contribution in [0.15, 0.2) is 327 Å². The lowest BCUT2D eigenvalue weighted by atomic mass is 9.33. The zero-order valence-corrected chi connectivity index (χ0v) is 73.2. The molecule has 22 rings (SSSR count). The van der Waals surface area contributed by atoms with Crippen LogP contribution < -0.4 is 26.2 Å². The molecule has 1 aliphatic carbocycles. The first-order valence-corrected chi connectivity index (χ1v) is 43.6. The van der Waals surface area contributed by atoms with Crippen LogP contribution >= 0.6 is 0 Å². The van der Waals surface area contributed by atoms with E-state index in [1.54, 1.807) is 12.1 Å². The van der Waals surface area contributed by atoms with Gasteiger partial charge in [-0.1, -0.05) is 298 Å². The number of para-hydroxylation sites is 3. The maximum Gasteiger partial charge on any atom is 0.252 e. The molecule has 2 aliphatic heterocycles. The minimum Gasteiger partial charge on any atom is -0.310 e. The lowest BCUT2D eigenvalue weighted by Crippen LogP contribution is -2.61. The Balaban J connectivity index is 0.938. The zero-order valence-electron chi connectivity index (χ0n) is 85.2. The van der Waals surface area contributed by atoms with Crippen molar-refractivity contribution in [3.8, 4) is 51.1 Å². The van der Waals surface area contributed by atoms with Crippen molar-refractivity contribution in [1.29, 1.82) is 5.26 Å². The zero-order chi connectivity index (χ0) is 96.3. The van der Waals surface area contributed by atoms with Gasteiger partial charge in [-0.25, -0.2) is 0 Å². The fourth-order valence-electron chi connectivity index (χ4n) is 20.1. The van der Waals surface area contributed by atoms with Crippen LogP contribution in [0.1, 0.15) is 172 Å². The van der Waals surface area contributed by atoms with Gasteiger partial charge >= 0.3 is 0 Å². The molecule has 3 aliphatic rings. The number of nitrogens with zero attached hydrogens (tertiary/aromatic N) is 7. The van der Waals surface area contributed by atoms with E-state index < -0.39 is 84.8 Å². The van der Waals surface area contributed by atoms with Crippen LogP contribution in [-0.4, -0.2) is 25.0 Å². The summed E-state index contributed by atoms with van der Waals surface area (Å²) in [6.45, 7) is 33.4. The second kappa shape index (κ2) is 28.1. The van der Waals surface area contributed by atoms with Crippen molar-refractivity contribution < 1.29 is 16.4 Å². The average Bonchev–Trinajstić information content (AvgIpc) is 1.56. The number of benzene rings is 15. The van der Waals surface area contributed by atoms with Gasteiger partial charge in [0.25, 0.3) is 6.71 Å². The topological polar surface area (TPSA) is 50.0 Å². The monoisotopic (exact) mass is 1630 g/mol. The standard InChI is InChI=1S/C117H102BN7/c1-113(2,3)76-47-56-100-91(60-76)92-61-77(114(4,5)6)48-57-101(92)120(100)82-52-54-95-106(67-82)124(105-66-81(51-46-75(105)71-119)122-99-44-30-27-40-88(99)110-85(41-31-45-104(110)122)72-32-19-16-20-33-72)108-69-84(123-97-42-28-25-38-86(97)87-39-26-29-43-98(87)123)70-109-111(108)118(95)96-55-53-83(121-102-58-49-78(115(7,8)9)62-93(102)94-63-79(116(10,11)12)50-59-103(94)121)68-107(96)125(109)112-89(73-34-21-17-22-35-73)64-80(117(13,14)15)65-90(112)74-36-23-18-24-37-74/h16-36,38-70,74H,37H2,1-15H3/i16D,19D,20D,27D,30D,31D,32D,33D,40D,41D,44D,45D. The maximum absolute atomic E-state index is 12.6. The van der Waals surface area contributed by atoms with Crippen molar-refractivity contribution in [3.63, 3.8) is 0 Å². The van der Waals surface area contributed by atoms with E-state index in [4.69, 9.17) is 4.11 Å². The van der Waals surface area contributed by atoms with Crippen LogP contribution in [0.2, 0.25) is 0 Å². The normalized spacial score (nSPS) is 15.6. The molecule has 4 aromatic heterocycles. The highest BCUT2D eigenvalue weighted by Gasteiger charge is 2.47. The third kappa shape index (κ3) is 12.3. The van der Waals surface area contributed by atoms with Crippen LogP contribution in [0.25, 0.3) is 132 Å². The van der Waals surface area contributed by atoms with Gasteiger partial charge in [0.2, 0.25) is 0 Å². The van der Waals surface area contributed by atoms with E-state index in [1.165, 1.54) is 26.8 Å². The third-order valence-corrected chi connectivity index (χ3v) is 26.6. The van der Waals surface area contributed by atoms with E-state index in [0.717, 1.165) is 138 Å². The molecule has 0 saturated carbocycles. The van der Waals surface area contributed by atoms with Gasteiger partial charge in [-0.05, 0) is 233 Å². The number of aromatic nitrogens is 4. The second-order valence-corrected chi connectivity index (χ2v) is 39.5. The van der Waals surface area contributed by atoms with Crippen molar-refractivity contribution in [2.75, 3.05) is 9.80 Å². The van der Waals surface area contributed by atoms with E-state index in [2.05, 4.69) is 370 Å². The van der Waals surface area contributed by atoms with Crippen molar-refractivity contribution in [1.82, 2.24) is 18.3 Å². The smallest absolute Gasteiger partial charge is 0.252 e. The summed E-state index contributed by atoms with van der Waals surface area (Å²) in [7, 11) is 0. The molecule has 1 unspecified atom stereocenters.